The summed E-state index contributed by atoms with van der Waals surface area (Å²) in [4.78, 5) is 27.2. The first-order valence-corrected chi connectivity index (χ1v) is 11.5. The number of aromatic nitrogens is 1. The van der Waals surface area contributed by atoms with Crippen LogP contribution in [0.3, 0.4) is 0 Å². The molecule has 1 saturated heterocycles. The van der Waals surface area contributed by atoms with Gasteiger partial charge in [-0.1, -0.05) is 0 Å². The number of rotatable bonds is 4. The van der Waals surface area contributed by atoms with Gasteiger partial charge < -0.3 is 14.2 Å². The molecule has 4 saturated carbocycles. The van der Waals surface area contributed by atoms with Crippen LogP contribution in [-0.2, 0) is 11.8 Å². The largest absolute Gasteiger partial charge is 0.490 e. The quantitative estimate of drug-likeness (QED) is 0.778. The predicted octanol–water partition coefficient (Wildman–Crippen LogP) is 3.67. The van der Waals surface area contributed by atoms with Crippen LogP contribution in [0.25, 0.3) is 0 Å². The van der Waals surface area contributed by atoms with Gasteiger partial charge in [-0.05, 0) is 74.7 Å². The van der Waals surface area contributed by atoms with Crippen molar-refractivity contribution in [2.24, 2.45) is 30.2 Å². The molecule has 5 heteroatoms. The van der Waals surface area contributed by atoms with Crippen LogP contribution in [0, 0.1) is 30.1 Å². The highest BCUT2D eigenvalue weighted by molar-refractivity contribution is 5.77. The number of pyridine rings is 1. The van der Waals surface area contributed by atoms with E-state index in [9.17, 15) is 9.59 Å². The summed E-state index contributed by atoms with van der Waals surface area (Å²) in [6.45, 7) is 3.47. The van der Waals surface area contributed by atoms with E-state index in [1.807, 2.05) is 13.0 Å². The molecule has 0 spiro atoms. The Morgan fingerprint density at radius 1 is 1.07 bits per heavy atom. The van der Waals surface area contributed by atoms with Gasteiger partial charge in [0.15, 0.2) is 0 Å². The van der Waals surface area contributed by atoms with Gasteiger partial charge in [0, 0.05) is 51.2 Å². The number of hydrogen-bond donors (Lipinski definition) is 0. The SMILES string of the molecule is Cc1cc(OC2CCN(C(=O)CC34CC5CC(CC(C5)C3)C4)CC2)cc(=O)n1C. The van der Waals surface area contributed by atoms with Crippen molar-refractivity contribution < 1.29 is 9.53 Å². The predicted molar refractivity (Wildman–Crippen MR) is 112 cm³/mol. The van der Waals surface area contributed by atoms with Gasteiger partial charge in [0.2, 0.25) is 5.91 Å². The van der Waals surface area contributed by atoms with Crippen molar-refractivity contribution in [3.05, 3.63) is 28.2 Å². The molecule has 0 unspecified atom stereocenters. The molecule has 2 heterocycles. The lowest BCUT2D eigenvalue weighted by molar-refractivity contribution is -0.141. The van der Waals surface area contributed by atoms with E-state index in [0.29, 0.717) is 17.1 Å². The molecule has 5 fully saturated rings. The molecule has 4 aliphatic carbocycles. The number of nitrogens with zero attached hydrogens (tertiary/aromatic N) is 2. The van der Waals surface area contributed by atoms with Crippen molar-refractivity contribution in [2.45, 2.75) is 70.8 Å². The Hall–Kier alpha value is -1.78. The molecule has 0 N–H and O–H groups in total. The lowest BCUT2D eigenvalue weighted by Crippen LogP contribution is -2.49. The van der Waals surface area contributed by atoms with E-state index in [0.717, 1.165) is 55.8 Å². The number of amides is 1. The number of carbonyl (C=O) groups excluding carboxylic acids is 1. The minimum Gasteiger partial charge on any atom is -0.490 e. The molecular weight excluding hydrogens is 364 g/mol. The molecule has 5 aliphatic rings. The van der Waals surface area contributed by atoms with E-state index in [-0.39, 0.29) is 11.7 Å². The van der Waals surface area contributed by atoms with E-state index in [1.54, 1.807) is 17.7 Å². The summed E-state index contributed by atoms with van der Waals surface area (Å²) in [7, 11) is 1.77. The van der Waals surface area contributed by atoms with Crippen LogP contribution in [0.5, 0.6) is 5.75 Å². The van der Waals surface area contributed by atoms with Gasteiger partial charge >= 0.3 is 0 Å². The smallest absolute Gasteiger partial charge is 0.254 e. The summed E-state index contributed by atoms with van der Waals surface area (Å²) in [5.74, 6) is 3.72. The Balaban J connectivity index is 1.16. The highest BCUT2D eigenvalue weighted by Gasteiger charge is 2.51. The summed E-state index contributed by atoms with van der Waals surface area (Å²) in [5, 5.41) is 0. The molecule has 1 aromatic heterocycles. The van der Waals surface area contributed by atoms with E-state index in [4.69, 9.17) is 4.74 Å². The zero-order valence-electron chi connectivity index (χ0n) is 17.9. The lowest BCUT2D eigenvalue weighted by atomic mass is 9.49. The van der Waals surface area contributed by atoms with Crippen LogP contribution in [-0.4, -0.2) is 34.6 Å². The molecule has 5 nitrogen and oxygen atoms in total. The zero-order valence-corrected chi connectivity index (χ0v) is 17.9. The van der Waals surface area contributed by atoms with Crippen LogP contribution in [0.4, 0.5) is 0 Å². The summed E-state index contributed by atoms with van der Waals surface area (Å²) in [5.41, 5.74) is 1.18. The van der Waals surface area contributed by atoms with Crippen molar-refractivity contribution in [3.8, 4) is 5.75 Å². The number of ether oxygens (including phenoxy) is 1. The maximum Gasteiger partial charge on any atom is 0.254 e. The van der Waals surface area contributed by atoms with E-state index >= 15 is 0 Å². The molecule has 29 heavy (non-hydrogen) atoms. The second kappa shape index (κ2) is 7.17. The van der Waals surface area contributed by atoms with E-state index in [1.165, 1.54) is 38.5 Å². The van der Waals surface area contributed by atoms with E-state index in [2.05, 4.69) is 4.90 Å². The van der Waals surface area contributed by atoms with Gasteiger partial charge in [-0.25, -0.2) is 0 Å². The highest BCUT2D eigenvalue weighted by atomic mass is 16.5. The molecule has 0 atom stereocenters. The molecule has 6 rings (SSSR count). The number of hydrogen-bond acceptors (Lipinski definition) is 3. The normalized spacial score (nSPS) is 33.9. The van der Waals surface area contributed by atoms with Crippen LogP contribution in [0.15, 0.2) is 16.9 Å². The Kier molecular flexibility index (Phi) is 4.75. The highest BCUT2D eigenvalue weighted by Crippen LogP contribution is 2.61. The first-order chi connectivity index (χ1) is 13.9. The molecule has 1 aromatic rings. The van der Waals surface area contributed by atoms with Gasteiger partial charge in [-0.3, -0.25) is 9.59 Å². The first kappa shape index (κ1) is 19.2. The Morgan fingerprint density at radius 2 is 1.66 bits per heavy atom. The average Bonchev–Trinajstić information content (AvgIpc) is 2.65. The number of piperidine rings is 1. The lowest BCUT2D eigenvalue weighted by Gasteiger charge is -2.57. The summed E-state index contributed by atoms with van der Waals surface area (Å²) in [6.07, 6.45) is 10.7. The van der Waals surface area contributed by atoms with Crippen LogP contribution in [0.1, 0.15) is 63.5 Å². The van der Waals surface area contributed by atoms with Gasteiger partial charge in [0.25, 0.3) is 5.56 Å². The third-order valence-electron chi connectivity index (χ3n) is 8.27. The Bertz CT molecular complexity index is 815. The molecular formula is C24H34N2O3. The second-order valence-corrected chi connectivity index (χ2v) is 10.5. The van der Waals surface area contributed by atoms with Gasteiger partial charge in [-0.15, -0.1) is 0 Å². The van der Waals surface area contributed by atoms with Gasteiger partial charge in [-0.2, -0.15) is 0 Å². The molecule has 158 valence electrons. The fraction of sp³-hybridized carbons (Fsp3) is 0.750. The topological polar surface area (TPSA) is 51.5 Å². The van der Waals surface area contributed by atoms with E-state index < -0.39 is 0 Å². The molecule has 1 aliphatic heterocycles. The Morgan fingerprint density at radius 3 is 2.21 bits per heavy atom. The first-order valence-electron chi connectivity index (χ1n) is 11.5. The summed E-state index contributed by atoms with van der Waals surface area (Å²) < 4.78 is 7.71. The molecule has 4 bridgehead atoms. The fourth-order valence-electron chi connectivity index (χ4n) is 7.16. The van der Waals surface area contributed by atoms with Crippen LogP contribution in [0.2, 0.25) is 0 Å². The fourth-order valence-corrected chi connectivity index (χ4v) is 7.16. The van der Waals surface area contributed by atoms with Gasteiger partial charge in [0.1, 0.15) is 11.9 Å². The summed E-state index contributed by atoms with van der Waals surface area (Å²) in [6, 6.07) is 3.49. The van der Waals surface area contributed by atoms with Crippen molar-refractivity contribution in [1.29, 1.82) is 0 Å². The van der Waals surface area contributed by atoms with Crippen molar-refractivity contribution >= 4 is 5.91 Å². The minimum absolute atomic E-state index is 0.0387. The second-order valence-electron chi connectivity index (χ2n) is 10.5. The van der Waals surface area contributed by atoms with Crippen LogP contribution >= 0.6 is 0 Å². The number of carbonyl (C=O) groups is 1. The summed E-state index contributed by atoms with van der Waals surface area (Å²) >= 11 is 0. The van der Waals surface area contributed by atoms with Gasteiger partial charge in [0.05, 0.1) is 0 Å². The minimum atomic E-state index is -0.0387. The number of likely N-dealkylation sites (tertiary alicyclic amines) is 1. The number of aryl methyl sites for hydroxylation is 1. The van der Waals surface area contributed by atoms with Crippen molar-refractivity contribution in [3.63, 3.8) is 0 Å². The standard InChI is InChI=1S/C24H34N2O3/c1-16-7-21(11-22(27)25(16)2)29-20-3-5-26(6-4-20)23(28)15-24-12-17-8-18(13-24)10-19(9-17)14-24/h7,11,17-20H,3-6,8-10,12-15H2,1-2H3. The Labute approximate surface area is 173 Å². The van der Waals surface area contributed by atoms with Crippen LogP contribution < -0.4 is 10.3 Å². The zero-order chi connectivity index (χ0) is 20.2. The third-order valence-corrected chi connectivity index (χ3v) is 8.27. The van der Waals surface area contributed by atoms with Crippen molar-refractivity contribution in [1.82, 2.24) is 9.47 Å². The maximum atomic E-state index is 13.1. The molecule has 0 aromatic carbocycles. The molecule has 1 amide bonds. The monoisotopic (exact) mass is 398 g/mol. The maximum absolute atomic E-state index is 13.1. The average molecular weight is 399 g/mol. The van der Waals surface area contributed by atoms with Crippen molar-refractivity contribution in [2.75, 3.05) is 13.1 Å². The third kappa shape index (κ3) is 3.73. The molecule has 0 radical (unpaired) electrons.